The Morgan fingerprint density at radius 1 is 1.10 bits per heavy atom. The fraction of sp³-hybridized carbons (Fsp3) is 1.00. The van der Waals surface area contributed by atoms with Gasteiger partial charge in [-0.3, -0.25) is 0 Å². The molecule has 0 aromatic rings. The zero-order valence-electron chi connectivity index (χ0n) is 6.94. The van der Waals surface area contributed by atoms with Crippen LogP contribution in [-0.2, 0) is 4.74 Å². The zero-order valence-corrected chi connectivity index (χ0v) is 8.94. The second-order valence-corrected chi connectivity index (χ2v) is 3.65. The number of ether oxygens (including phenoxy) is 1. The molecule has 2 heteroatoms. The lowest BCUT2D eigenvalue weighted by molar-refractivity contribution is 0.0752. The first-order valence-electron chi connectivity index (χ1n) is 4.55. The predicted molar refractivity (Wildman–Crippen MR) is 47.4 cm³/mol. The van der Waals surface area contributed by atoms with Gasteiger partial charge in [-0.2, -0.15) is 0 Å². The standard InChI is InChI=1S/C8H18OSi/c10-7-9-8-5-3-1-2-4-6-8/h8H,1-7H2,10H3. The van der Waals surface area contributed by atoms with Crippen LogP contribution in [0.15, 0.2) is 0 Å². The van der Waals surface area contributed by atoms with E-state index in [1.54, 1.807) is 0 Å². The van der Waals surface area contributed by atoms with Gasteiger partial charge in [0.15, 0.2) is 0 Å². The molecule has 60 valence electrons. The molecule has 0 saturated heterocycles. The number of rotatable bonds is 2. The monoisotopic (exact) mass is 158 g/mol. The van der Waals surface area contributed by atoms with E-state index in [4.69, 9.17) is 4.74 Å². The third-order valence-corrected chi connectivity index (χ3v) is 2.54. The lowest BCUT2D eigenvalue weighted by Gasteiger charge is -2.12. The Morgan fingerprint density at radius 2 is 1.70 bits per heavy atom. The first kappa shape index (κ1) is 8.28. The third-order valence-electron chi connectivity index (χ3n) is 2.20. The molecule has 0 radical (unpaired) electrons. The highest BCUT2D eigenvalue weighted by Gasteiger charge is 2.10. The Balaban J connectivity index is 2.15. The third kappa shape index (κ3) is 2.84. The molecule has 1 rings (SSSR count). The van der Waals surface area contributed by atoms with Gasteiger partial charge in [0.1, 0.15) is 0 Å². The molecule has 0 amide bonds. The molecule has 0 spiro atoms. The smallest absolute Gasteiger partial charge is 0.0570 e. The van der Waals surface area contributed by atoms with Gasteiger partial charge in [0.2, 0.25) is 0 Å². The summed E-state index contributed by atoms with van der Waals surface area (Å²) in [6.07, 6.45) is 9.95. The molecule has 0 heterocycles. The molecule has 1 fully saturated rings. The van der Waals surface area contributed by atoms with Crippen molar-refractivity contribution in [2.24, 2.45) is 0 Å². The van der Waals surface area contributed by atoms with Crippen molar-refractivity contribution in [3.63, 3.8) is 0 Å². The summed E-state index contributed by atoms with van der Waals surface area (Å²) in [7, 11) is 1.20. The first-order chi connectivity index (χ1) is 4.93. The molecule has 0 aromatic carbocycles. The fourth-order valence-electron chi connectivity index (χ4n) is 1.64. The minimum atomic E-state index is 0.625. The van der Waals surface area contributed by atoms with E-state index >= 15 is 0 Å². The largest absolute Gasteiger partial charge is 0.383 e. The highest BCUT2D eigenvalue weighted by Crippen LogP contribution is 2.19. The van der Waals surface area contributed by atoms with Gasteiger partial charge in [0, 0.05) is 16.5 Å². The van der Waals surface area contributed by atoms with Crippen LogP contribution in [0.2, 0.25) is 0 Å². The first-order valence-corrected chi connectivity index (χ1v) is 5.96. The van der Waals surface area contributed by atoms with Crippen molar-refractivity contribution in [3.05, 3.63) is 0 Å². The van der Waals surface area contributed by atoms with Crippen LogP contribution in [0.1, 0.15) is 38.5 Å². The molecule has 1 aliphatic carbocycles. The summed E-state index contributed by atoms with van der Waals surface area (Å²) in [4.78, 5) is 0. The Bertz CT molecular complexity index is 77.3. The van der Waals surface area contributed by atoms with Crippen molar-refractivity contribution in [1.82, 2.24) is 0 Å². The maximum atomic E-state index is 5.62. The van der Waals surface area contributed by atoms with Gasteiger partial charge >= 0.3 is 0 Å². The minimum Gasteiger partial charge on any atom is -0.383 e. The highest BCUT2D eigenvalue weighted by atomic mass is 28.1. The van der Waals surface area contributed by atoms with Crippen LogP contribution in [0, 0.1) is 0 Å². The Kier molecular flexibility index (Phi) is 4.06. The van der Waals surface area contributed by atoms with E-state index in [2.05, 4.69) is 0 Å². The van der Waals surface area contributed by atoms with Crippen LogP contribution in [0.25, 0.3) is 0 Å². The van der Waals surface area contributed by atoms with Crippen molar-refractivity contribution >= 4 is 10.2 Å². The molecular weight excluding hydrogens is 140 g/mol. The van der Waals surface area contributed by atoms with E-state index in [0.717, 1.165) is 6.23 Å². The van der Waals surface area contributed by atoms with Crippen LogP contribution >= 0.6 is 0 Å². The van der Waals surface area contributed by atoms with Gasteiger partial charge in [-0.15, -0.1) is 0 Å². The van der Waals surface area contributed by atoms with Gasteiger partial charge in [-0.25, -0.2) is 0 Å². The molecule has 0 bridgehead atoms. The van der Waals surface area contributed by atoms with Crippen LogP contribution in [0.5, 0.6) is 0 Å². The van der Waals surface area contributed by atoms with Gasteiger partial charge in [0.05, 0.1) is 6.10 Å². The van der Waals surface area contributed by atoms with E-state index in [1.165, 1.54) is 48.8 Å². The molecular formula is C8H18OSi. The summed E-state index contributed by atoms with van der Waals surface area (Å²) in [6, 6.07) is 0. The fourth-order valence-corrected chi connectivity index (χ4v) is 2.12. The lowest BCUT2D eigenvalue weighted by Crippen LogP contribution is -2.12. The molecule has 10 heavy (non-hydrogen) atoms. The van der Waals surface area contributed by atoms with Crippen LogP contribution < -0.4 is 0 Å². The quantitative estimate of drug-likeness (QED) is 0.431. The van der Waals surface area contributed by atoms with Crippen LogP contribution in [0.3, 0.4) is 0 Å². The van der Waals surface area contributed by atoms with Crippen molar-refractivity contribution < 1.29 is 4.74 Å². The second-order valence-electron chi connectivity index (χ2n) is 3.07. The maximum Gasteiger partial charge on any atom is 0.0570 e. The summed E-state index contributed by atoms with van der Waals surface area (Å²) in [6.45, 7) is 0. The summed E-state index contributed by atoms with van der Waals surface area (Å²) >= 11 is 0. The van der Waals surface area contributed by atoms with Crippen molar-refractivity contribution in [2.45, 2.75) is 44.6 Å². The molecule has 1 saturated carbocycles. The molecule has 0 aromatic heterocycles. The summed E-state index contributed by atoms with van der Waals surface area (Å²) in [5, 5.41) is 0. The molecule has 0 unspecified atom stereocenters. The zero-order chi connectivity index (χ0) is 7.23. The van der Waals surface area contributed by atoms with Crippen LogP contribution in [-0.4, -0.2) is 22.6 Å². The van der Waals surface area contributed by atoms with Crippen LogP contribution in [0.4, 0.5) is 0 Å². The Morgan fingerprint density at radius 3 is 2.20 bits per heavy atom. The summed E-state index contributed by atoms with van der Waals surface area (Å²) in [5.74, 6) is 0. The molecule has 1 nitrogen and oxygen atoms in total. The molecule has 0 aliphatic heterocycles. The predicted octanol–water partition coefficient (Wildman–Crippen LogP) is 1.05. The normalized spacial score (nSPS) is 22.8. The van der Waals surface area contributed by atoms with Crippen molar-refractivity contribution in [2.75, 3.05) is 6.23 Å². The topological polar surface area (TPSA) is 9.23 Å². The van der Waals surface area contributed by atoms with Gasteiger partial charge in [-0.1, -0.05) is 25.7 Å². The average molecular weight is 158 g/mol. The van der Waals surface area contributed by atoms with Gasteiger partial charge < -0.3 is 4.74 Å². The summed E-state index contributed by atoms with van der Waals surface area (Å²) < 4.78 is 5.62. The minimum absolute atomic E-state index is 0.625. The van der Waals surface area contributed by atoms with E-state index in [1.807, 2.05) is 0 Å². The Labute approximate surface area is 66.6 Å². The molecule has 0 atom stereocenters. The SMILES string of the molecule is [SiH3]COC1CCCCCC1. The second kappa shape index (κ2) is 4.91. The summed E-state index contributed by atoms with van der Waals surface area (Å²) in [5.41, 5.74) is 0. The van der Waals surface area contributed by atoms with Crippen molar-refractivity contribution in [1.29, 1.82) is 0 Å². The van der Waals surface area contributed by atoms with E-state index in [0.29, 0.717) is 6.10 Å². The Hall–Kier alpha value is 0.177. The van der Waals surface area contributed by atoms with E-state index < -0.39 is 0 Å². The average Bonchev–Trinajstić information content (AvgIpc) is 2.17. The maximum absolute atomic E-state index is 5.62. The lowest BCUT2D eigenvalue weighted by atomic mass is 10.2. The van der Waals surface area contributed by atoms with Crippen molar-refractivity contribution in [3.8, 4) is 0 Å². The van der Waals surface area contributed by atoms with Gasteiger partial charge in [0.25, 0.3) is 0 Å². The molecule has 1 aliphatic rings. The highest BCUT2D eigenvalue weighted by molar-refractivity contribution is 6.08. The van der Waals surface area contributed by atoms with E-state index in [9.17, 15) is 0 Å². The van der Waals surface area contributed by atoms with Gasteiger partial charge in [-0.05, 0) is 12.8 Å². The number of hydrogen-bond acceptors (Lipinski definition) is 1. The number of hydrogen-bond donors (Lipinski definition) is 0. The van der Waals surface area contributed by atoms with E-state index in [-0.39, 0.29) is 0 Å². The molecule has 0 N–H and O–H groups in total.